The van der Waals surface area contributed by atoms with Gasteiger partial charge in [-0.25, -0.2) is 0 Å². The minimum absolute atomic E-state index is 0.136. The van der Waals surface area contributed by atoms with Crippen molar-refractivity contribution in [2.24, 2.45) is 0 Å². The third kappa shape index (κ3) is 7.28. The number of ether oxygens (including phenoxy) is 2. The van der Waals surface area contributed by atoms with E-state index in [-0.39, 0.29) is 17.6 Å². The average molecular weight is 479 g/mol. The number of nitrogens with one attached hydrogen (secondary N) is 2. The molecule has 7 heteroatoms. The number of methoxy groups -OCH3 is 1. The van der Waals surface area contributed by atoms with E-state index < -0.39 is 0 Å². The summed E-state index contributed by atoms with van der Waals surface area (Å²) in [7, 11) is 1.58. The first-order valence-electron chi connectivity index (χ1n) is 11.2. The Morgan fingerprint density at radius 1 is 0.971 bits per heavy atom. The van der Waals surface area contributed by atoms with Crippen LogP contribution in [0.15, 0.2) is 71.6 Å². The van der Waals surface area contributed by atoms with Crippen LogP contribution in [0.4, 0.5) is 11.4 Å². The van der Waals surface area contributed by atoms with Gasteiger partial charge < -0.3 is 20.1 Å². The number of hydrogen-bond acceptors (Lipinski definition) is 5. The summed E-state index contributed by atoms with van der Waals surface area (Å²) in [6.45, 7) is 4.65. The molecule has 0 fully saturated rings. The zero-order valence-corrected chi connectivity index (χ0v) is 20.5. The summed E-state index contributed by atoms with van der Waals surface area (Å²) in [5.74, 6) is 0.973. The predicted molar refractivity (Wildman–Crippen MR) is 138 cm³/mol. The Bertz CT molecular complexity index is 1120. The maximum absolute atomic E-state index is 13.2. The molecule has 2 amide bonds. The summed E-state index contributed by atoms with van der Waals surface area (Å²) < 4.78 is 11.2. The Labute approximate surface area is 205 Å². The van der Waals surface area contributed by atoms with Gasteiger partial charge >= 0.3 is 0 Å². The Kier molecular flexibility index (Phi) is 9.40. The van der Waals surface area contributed by atoms with Crippen LogP contribution in [0.5, 0.6) is 11.5 Å². The van der Waals surface area contributed by atoms with Crippen LogP contribution < -0.4 is 20.1 Å². The number of carbonyl (C=O) groups is 2. The van der Waals surface area contributed by atoms with E-state index in [1.807, 2.05) is 43.3 Å². The number of thioether (sulfide) groups is 1. The summed E-state index contributed by atoms with van der Waals surface area (Å²) in [6.07, 6.45) is 1.93. The van der Waals surface area contributed by atoms with Crippen LogP contribution in [0.1, 0.15) is 35.7 Å². The van der Waals surface area contributed by atoms with Gasteiger partial charge in [0.25, 0.3) is 5.91 Å². The molecule has 0 aromatic heterocycles. The summed E-state index contributed by atoms with van der Waals surface area (Å²) in [5.41, 5.74) is 2.90. The molecule has 0 unspecified atom stereocenters. The van der Waals surface area contributed by atoms with Gasteiger partial charge in [-0.2, -0.15) is 0 Å². The maximum atomic E-state index is 13.2. The van der Waals surface area contributed by atoms with Crippen LogP contribution in [0, 0.1) is 6.92 Å². The molecule has 178 valence electrons. The van der Waals surface area contributed by atoms with Crippen molar-refractivity contribution in [1.82, 2.24) is 0 Å². The standard InChI is InChI=1S/C27H30N2O4S/c1-4-5-16-33-24-15-14-21(32-3)17-23(24)29-27(31)22-8-6-7-9-25(22)34-18-26(30)28-20-12-10-19(2)11-13-20/h6-15,17H,4-5,16,18H2,1-3H3,(H,28,30)(H,29,31). The van der Waals surface area contributed by atoms with Gasteiger partial charge in [-0.15, -0.1) is 11.8 Å². The third-order valence-corrected chi connectivity index (χ3v) is 6.09. The van der Waals surface area contributed by atoms with Gasteiger partial charge in [0.2, 0.25) is 5.91 Å². The molecule has 0 saturated heterocycles. The average Bonchev–Trinajstić information content (AvgIpc) is 2.85. The Balaban J connectivity index is 1.69. The van der Waals surface area contributed by atoms with Crippen LogP contribution in [0.3, 0.4) is 0 Å². The first kappa shape index (κ1) is 25.2. The summed E-state index contributed by atoms with van der Waals surface area (Å²) in [6, 6.07) is 20.2. The van der Waals surface area contributed by atoms with Gasteiger partial charge in [0, 0.05) is 16.6 Å². The SMILES string of the molecule is CCCCOc1ccc(OC)cc1NC(=O)c1ccccc1SCC(=O)Nc1ccc(C)cc1. The van der Waals surface area contributed by atoms with Gasteiger partial charge in [-0.3, -0.25) is 9.59 Å². The quantitative estimate of drug-likeness (QED) is 0.255. The van der Waals surface area contributed by atoms with E-state index in [9.17, 15) is 9.59 Å². The molecule has 0 bridgehead atoms. The highest BCUT2D eigenvalue weighted by Crippen LogP contribution is 2.31. The van der Waals surface area contributed by atoms with Crippen molar-refractivity contribution in [3.8, 4) is 11.5 Å². The van der Waals surface area contributed by atoms with Crippen LogP contribution in [0.25, 0.3) is 0 Å². The van der Waals surface area contributed by atoms with E-state index in [1.165, 1.54) is 11.8 Å². The number of amides is 2. The molecule has 0 aliphatic rings. The number of benzene rings is 3. The highest BCUT2D eigenvalue weighted by atomic mass is 32.2. The lowest BCUT2D eigenvalue weighted by atomic mass is 10.2. The van der Waals surface area contributed by atoms with Crippen LogP contribution in [-0.2, 0) is 4.79 Å². The number of rotatable bonds is 11. The van der Waals surface area contributed by atoms with Crippen molar-refractivity contribution in [2.45, 2.75) is 31.6 Å². The maximum Gasteiger partial charge on any atom is 0.256 e. The van der Waals surface area contributed by atoms with E-state index in [0.717, 1.165) is 29.0 Å². The zero-order valence-electron chi connectivity index (χ0n) is 19.7. The molecule has 3 aromatic rings. The fourth-order valence-electron chi connectivity index (χ4n) is 3.13. The van der Waals surface area contributed by atoms with Gasteiger partial charge in [0.15, 0.2) is 0 Å². The van der Waals surface area contributed by atoms with Gasteiger partial charge in [0.05, 0.1) is 30.7 Å². The molecule has 0 spiro atoms. The predicted octanol–water partition coefficient (Wildman–Crippen LogP) is 6.17. The van der Waals surface area contributed by atoms with Gasteiger partial charge in [-0.05, 0) is 49.7 Å². The fourth-order valence-corrected chi connectivity index (χ4v) is 3.98. The molecule has 0 heterocycles. The minimum Gasteiger partial charge on any atom is -0.497 e. The van der Waals surface area contributed by atoms with E-state index in [4.69, 9.17) is 9.47 Å². The van der Waals surface area contributed by atoms with Crippen molar-refractivity contribution < 1.29 is 19.1 Å². The molecular weight excluding hydrogens is 448 g/mol. The van der Waals surface area contributed by atoms with Crippen molar-refractivity contribution in [3.63, 3.8) is 0 Å². The molecule has 3 rings (SSSR count). The molecule has 6 nitrogen and oxygen atoms in total. The van der Waals surface area contributed by atoms with Crippen molar-refractivity contribution in [1.29, 1.82) is 0 Å². The lowest BCUT2D eigenvalue weighted by Crippen LogP contribution is -2.16. The first-order chi connectivity index (χ1) is 16.5. The Morgan fingerprint density at radius 2 is 1.74 bits per heavy atom. The van der Waals surface area contributed by atoms with E-state index in [0.29, 0.717) is 29.4 Å². The molecular formula is C27H30N2O4S. The second-order valence-corrected chi connectivity index (χ2v) is 8.73. The van der Waals surface area contributed by atoms with Crippen molar-refractivity contribution in [2.75, 3.05) is 30.1 Å². The highest BCUT2D eigenvalue weighted by Gasteiger charge is 2.16. The zero-order chi connectivity index (χ0) is 24.3. The monoisotopic (exact) mass is 478 g/mol. The lowest BCUT2D eigenvalue weighted by Gasteiger charge is -2.15. The van der Waals surface area contributed by atoms with E-state index in [1.54, 1.807) is 37.4 Å². The number of anilines is 2. The first-order valence-corrected chi connectivity index (χ1v) is 12.2. The second-order valence-electron chi connectivity index (χ2n) is 7.72. The Hall–Kier alpha value is -3.45. The second kappa shape index (κ2) is 12.7. The molecule has 34 heavy (non-hydrogen) atoms. The van der Waals surface area contributed by atoms with Crippen LogP contribution in [0.2, 0.25) is 0 Å². The number of carbonyl (C=O) groups excluding carboxylic acids is 2. The third-order valence-electron chi connectivity index (χ3n) is 5.02. The van der Waals surface area contributed by atoms with Gasteiger partial charge in [0.1, 0.15) is 11.5 Å². The van der Waals surface area contributed by atoms with Crippen LogP contribution >= 0.6 is 11.8 Å². The molecule has 0 radical (unpaired) electrons. The Morgan fingerprint density at radius 3 is 2.47 bits per heavy atom. The molecule has 3 aromatic carbocycles. The number of aryl methyl sites for hydroxylation is 1. The smallest absolute Gasteiger partial charge is 0.256 e. The molecule has 2 N–H and O–H groups in total. The topological polar surface area (TPSA) is 76.7 Å². The van der Waals surface area contributed by atoms with Gasteiger partial charge in [-0.1, -0.05) is 43.2 Å². The normalized spacial score (nSPS) is 10.4. The molecule has 0 saturated carbocycles. The van der Waals surface area contributed by atoms with E-state index >= 15 is 0 Å². The number of hydrogen-bond donors (Lipinski definition) is 2. The fraction of sp³-hybridized carbons (Fsp3) is 0.259. The van der Waals surface area contributed by atoms with Crippen molar-refractivity contribution in [3.05, 3.63) is 77.9 Å². The summed E-state index contributed by atoms with van der Waals surface area (Å²) in [4.78, 5) is 26.3. The van der Waals surface area contributed by atoms with Crippen molar-refractivity contribution >= 4 is 35.0 Å². The number of unbranched alkanes of at least 4 members (excludes halogenated alkanes) is 1. The molecule has 0 atom stereocenters. The highest BCUT2D eigenvalue weighted by molar-refractivity contribution is 8.00. The molecule has 0 aliphatic carbocycles. The summed E-state index contributed by atoms with van der Waals surface area (Å²) >= 11 is 1.32. The summed E-state index contributed by atoms with van der Waals surface area (Å²) in [5, 5.41) is 5.83. The molecule has 0 aliphatic heterocycles. The van der Waals surface area contributed by atoms with Crippen LogP contribution in [-0.4, -0.2) is 31.3 Å². The lowest BCUT2D eigenvalue weighted by molar-refractivity contribution is -0.113. The van der Waals surface area contributed by atoms with E-state index in [2.05, 4.69) is 17.6 Å². The largest absolute Gasteiger partial charge is 0.497 e. The minimum atomic E-state index is -0.282.